The minimum Gasteiger partial charge on any atom is -0.303 e. The zero-order valence-corrected chi connectivity index (χ0v) is 21.7. The highest BCUT2D eigenvalue weighted by Gasteiger charge is 2.16. The maximum atomic E-state index is 12.7. The molecule has 32 heavy (non-hydrogen) atoms. The van der Waals surface area contributed by atoms with Crippen molar-refractivity contribution in [2.45, 2.75) is 27.1 Å². The van der Waals surface area contributed by atoms with Gasteiger partial charge in [0.15, 0.2) is 11.5 Å². The van der Waals surface area contributed by atoms with E-state index in [-0.39, 0.29) is 11.6 Å². The Kier molecular flexibility index (Phi) is 6.75. The number of carbonyl (C=O) groups is 1. The number of carbonyl (C=O) groups excluding carboxylic acids is 1. The van der Waals surface area contributed by atoms with E-state index in [0.29, 0.717) is 33.5 Å². The van der Waals surface area contributed by atoms with Gasteiger partial charge in [0, 0.05) is 12.4 Å². The van der Waals surface area contributed by atoms with Crippen molar-refractivity contribution in [1.29, 1.82) is 0 Å². The molecule has 1 aromatic carbocycles. The molecule has 1 amide bonds. The van der Waals surface area contributed by atoms with Crippen LogP contribution >= 0.6 is 55.1 Å². The van der Waals surface area contributed by atoms with E-state index < -0.39 is 0 Å². The molecule has 12 heteroatoms. The SMILES string of the molecule is Cc1nn(Cn2ccc(C(=O)Nc3nn(Cc4ccc(Cl)c(Cl)c4)cc3Br)n2)c(C)c1Br. The molecular formula is C20H17Br2Cl2N7O. The van der Waals surface area contributed by atoms with E-state index in [9.17, 15) is 4.79 Å². The fourth-order valence-corrected chi connectivity index (χ4v) is 4.09. The fourth-order valence-electron chi connectivity index (χ4n) is 3.07. The Labute approximate surface area is 210 Å². The molecular weight excluding hydrogens is 585 g/mol. The Morgan fingerprint density at radius 2 is 1.84 bits per heavy atom. The number of halogens is 4. The van der Waals surface area contributed by atoms with Crippen LogP contribution in [0.1, 0.15) is 27.4 Å². The highest BCUT2D eigenvalue weighted by molar-refractivity contribution is 9.11. The Morgan fingerprint density at radius 3 is 2.53 bits per heavy atom. The number of nitrogens with one attached hydrogen (secondary N) is 1. The molecule has 166 valence electrons. The third-order valence-electron chi connectivity index (χ3n) is 4.72. The normalized spacial score (nSPS) is 11.2. The lowest BCUT2D eigenvalue weighted by Gasteiger charge is -2.05. The lowest BCUT2D eigenvalue weighted by atomic mass is 10.2. The first-order valence-electron chi connectivity index (χ1n) is 9.42. The van der Waals surface area contributed by atoms with Gasteiger partial charge in [-0.2, -0.15) is 15.3 Å². The molecule has 4 aromatic rings. The number of aryl methyl sites for hydroxylation is 1. The molecule has 3 aromatic heterocycles. The van der Waals surface area contributed by atoms with Crippen molar-refractivity contribution in [1.82, 2.24) is 29.3 Å². The second kappa shape index (κ2) is 9.38. The first-order valence-corrected chi connectivity index (χ1v) is 11.8. The summed E-state index contributed by atoms with van der Waals surface area (Å²) in [6.45, 7) is 4.76. The number of benzene rings is 1. The van der Waals surface area contributed by atoms with Gasteiger partial charge in [0.2, 0.25) is 0 Å². The third-order valence-corrected chi connectivity index (χ3v) is 7.19. The number of aromatic nitrogens is 6. The molecule has 0 atom stereocenters. The summed E-state index contributed by atoms with van der Waals surface area (Å²) in [4.78, 5) is 12.7. The summed E-state index contributed by atoms with van der Waals surface area (Å²) in [5, 5.41) is 17.0. The number of amides is 1. The van der Waals surface area contributed by atoms with Gasteiger partial charge in [-0.15, -0.1) is 0 Å². The van der Waals surface area contributed by atoms with E-state index in [2.05, 4.69) is 52.5 Å². The molecule has 0 bridgehead atoms. The number of hydrogen-bond donors (Lipinski definition) is 1. The van der Waals surface area contributed by atoms with Crippen LogP contribution in [0, 0.1) is 13.8 Å². The predicted octanol–water partition coefficient (Wildman–Crippen LogP) is 5.53. The minimum atomic E-state index is -0.362. The van der Waals surface area contributed by atoms with Crippen LogP contribution in [0.3, 0.4) is 0 Å². The summed E-state index contributed by atoms with van der Waals surface area (Å²) in [7, 11) is 0. The summed E-state index contributed by atoms with van der Waals surface area (Å²) < 4.78 is 6.77. The summed E-state index contributed by atoms with van der Waals surface area (Å²) in [5.41, 5.74) is 3.09. The van der Waals surface area contributed by atoms with Gasteiger partial charge in [-0.05, 0) is 69.5 Å². The van der Waals surface area contributed by atoms with Crippen LogP contribution < -0.4 is 5.32 Å². The van der Waals surface area contributed by atoms with Gasteiger partial charge in [0.05, 0.1) is 36.9 Å². The van der Waals surface area contributed by atoms with Crippen LogP contribution in [-0.2, 0) is 13.2 Å². The highest BCUT2D eigenvalue weighted by atomic mass is 79.9. The van der Waals surface area contributed by atoms with Crippen molar-refractivity contribution in [2.75, 3.05) is 5.32 Å². The lowest BCUT2D eigenvalue weighted by Crippen LogP contribution is -2.16. The molecule has 8 nitrogen and oxygen atoms in total. The molecule has 1 N–H and O–H groups in total. The van der Waals surface area contributed by atoms with Crippen LogP contribution in [0.4, 0.5) is 5.82 Å². The Morgan fingerprint density at radius 1 is 1.06 bits per heavy atom. The Balaban J connectivity index is 1.44. The van der Waals surface area contributed by atoms with Crippen molar-refractivity contribution >= 4 is 66.8 Å². The summed E-state index contributed by atoms with van der Waals surface area (Å²) >= 11 is 19.0. The zero-order chi connectivity index (χ0) is 23.0. The maximum absolute atomic E-state index is 12.7. The highest BCUT2D eigenvalue weighted by Crippen LogP contribution is 2.25. The monoisotopic (exact) mass is 599 g/mol. The molecule has 0 aliphatic heterocycles. The van der Waals surface area contributed by atoms with Gasteiger partial charge in [-0.3, -0.25) is 14.2 Å². The van der Waals surface area contributed by atoms with Crippen LogP contribution in [-0.4, -0.2) is 35.2 Å². The second-order valence-electron chi connectivity index (χ2n) is 7.09. The molecule has 0 spiro atoms. The van der Waals surface area contributed by atoms with E-state index >= 15 is 0 Å². The van der Waals surface area contributed by atoms with Crippen LogP contribution in [0.25, 0.3) is 0 Å². The lowest BCUT2D eigenvalue weighted by molar-refractivity contribution is 0.102. The zero-order valence-electron chi connectivity index (χ0n) is 17.0. The van der Waals surface area contributed by atoms with Gasteiger partial charge < -0.3 is 5.32 Å². The molecule has 0 saturated heterocycles. The average Bonchev–Trinajstić information content (AvgIpc) is 3.41. The van der Waals surface area contributed by atoms with Crippen LogP contribution in [0.5, 0.6) is 0 Å². The number of anilines is 1. The van der Waals surface area contributed by atoms with Crippen molar-refractivity contribution in [2.24, 2.45) is 0 Å². The van der Waals surface area contributed by atoms with Gasteiger partial charge in [0.25, 0.3) is 5.91 Å². The van der Waals surface area contributed by atoms with E-state index in [1.54, 1.807) is 40.0 Å². The van der Waals surface area contributed by atoms with E-state index in [4.69, 9.17) is 23.2 Å². The topological polar surface area (TPSA) is 82.6 Å². The van der Waals surface area contributed by atoms with Gasteiger partial charge in [0.1, 0.15) is 6.67 Å². The minimum absolute atomic E-state index is 0.275. The van der Waals surface area contributed by atoms with Crippen LogP contribution in [0.2, 0.25) is 10.0 Å². The molecule has 0 fully saturated rings. The van der Waals surface area contributed by atoms with Gasteiger partial charge in [-0.25, -0.2) is 4.68 Å². The molecule has 3 heterocycles. The molecule has 4 rings (SSSR count). The van der Waals surface area contributed by atoms with E-state index in [1.165, 1.54) is 0 Å². The van der Waals surface area contributed by atoms with Gasteiger partial charge >= 0.3 is 0 Å². The van der Waals surface area contributed by atoms with E-state index in [0.717, 1.165) is 21.4 Å². The Hall–Kier alpha value is -2.14. The molecule has 0 aliphatic carbocycles. The fraction of sp³-hybridized carbons (Fsp3) is 0.200. The quantitative estimate of drug-likeness (QED) is 0.315. The first-order chi connectivity index (χ1) is 15.2. The van der Waals surface area contributed by atoms with Crippen molar-refractivity contribution in [3.8, 4) is 0 Å². The van der Waals surface area contributed by atoms with Crippen molar-refractivity contribution < 1.29 is 4.79 Å². The van der Waals surface area contributed by atoms with Crippen molar-refractivity contribution in [3.63, 3.8) is 0 Å². The summed E-state index contributed by atoms with van der Waals surface area (Å²) in [6.07, 6.45) is 3.51. The summed E-state index contributed by atoms with van der Waals surface area (Å²) in [5.74, 6) is 0.0332. The smallest absolute Gasteiger partial charge is 0.277 e. The standard InChI is InChI=1S/C20H17Br2Cl2N7O/c1-11-18(22)12(2)31(26-11)10-29-6-5-17(27-29)20(32)25-19-14(21)9-30(28-19)8-13-3-4-15(23)16(24)7-13/h3-7,9H,8,10H2,1-2H3,(H,25,28,32). The number of nitrogens with zero attached hydrogens (tertiary/aromatic N) is 6. The molecule has 0 saturated carbocycles. The van der Waals surface area contributed by atoms with Crippen LogP contribution in [0.15, 0.2) is 45.6 Å². The second-order valence-corrected chi connectivity index (χ2v) is 9.55. The maximum Gasteiger partial charge on any atom is 0.277 e. The Bertz CT molecular complexity index is 1310. The number of hydrogen-bond acceptors (Lipinski definition) is 4. The summed E-state index contributed by atoms with van der Waals surface area (Å²) in [6, 6.07) is 7.04. The van der Waals surface area contributed by atoms with Crippen molar-refractivity contribution in [3.05, 3.63) is 78.3 Å². The van der Waals surface area contributed by atoms with E-state index in [1.807, 2.05) is 24.6 Å². The number of rotatable bonds is 6. The van der Waals surface area contributed by atoms with Gasteiger partial charge in [-0.1, -0.05) is 29.3 Å². The predicted molar refractivity (Wildman–Crippen MR) is 130 cm³/mol. The molecule has 0 radical (unpaired) electrons. The third kappa shape index (κ3) is 4.93. The largest absolute Gasteiger partial charge is 0.303 e. The molecule has 0 aliphatic rings. The average molecular weight is 602 g/mol. The first kappa shape index (κ1) is 23.0. The molecule has 0 unspecified atom stereocenters.